The van der Waals surface area contributed by atoms with Gasteiger partial charge in [0.2, 0.25) is 0 Å². The number of aliphatic imine (C=N–C) groups is 1. The van der Waals surface area contributed by atoms with Crippen molar-refractivity contribution in [1.29, 1.82) is 0 Å². The molecule has 0 aliphatic carbocycles. The number of nitrogens with zero attached hydrogens (tertiary/aromatic N) is 3. The predicted molar refractivity (Wildman–Crippen MR) is 93.2 cm³/mol. The van der Waals surface area contributed by atoms with Crippen molar-refractivity contribution in [3.8, 4) is 5.75 Å². The maximum absolute atomic E-state index is 11.9. The van der Waals surface area contributed by atoms with E-state index < -0.39 is 5.63 Å². The third kappa shape index (κ3) is 2.99. The number of fused-ring (bicyclic) bond motifs is 1. The molecule has 122 valence electrons. The van der Waals surface area contributed by atoms with E-state index >= 15 is 0 Å². The van der Waals surface area contributed by atoms with Crippen LogP contribution < -0.4 is 5.63 Å². The molecule has 0 atom stereocenters. The third-order valence-corrected chi connectivity index (χ3v) is 3.57. The average molecular weight is 323 g/mol. The Hall–Kier alpha value is -3.15. The topological polar surface area (TPSA) is 80.6 Å². The van der Waals surface area contributed by atoms with Crippen molar-refractivity contribution < 1.29 is 9.52 Å². The Morgan fingerprint density at radius 3 is 2.96 bits per heavy atom. The van der Waals surface area contributed by atoms with Gasteiger partial charge in [0.1, 0.15) is 17.1 Å². The van der Waals surface area contributed by atoms with Gasteiger partial charge in [-0.25, -0.2) is 4.79 Å². The normalized spacial score (nSPS) is 11.8. The largest absolute Gasteiger partial charge is 0.507 e. The molecule has 0 fully saturated rings. The summed E-state index contributed by atoms with van der Waals surface area (Å²) < 4.78 is 6.82. The van der Waals surface area contributed by atoms with Gasteiger partial charge < -0.3 is 9.52 Å². The molecular weight excluding hydrogens is 306 g/mol. The number of allylic oxidation sites excluding steroid dienone is 1. The summed E-state index contributed by atoms with van der Waals surface area (Å²) in [5, 5.41) is 15.4. The molecule has 3 rings (SSSR count). The lowest BCUT2D eigenvalue weighted by Crippen LogP contribution is -2.12. The van der Waals surface area contributed by atoms with Crippen LogP contribution in [0, 0.1) is 6.92 Å². The zero-order valence-corrected chi connectivity index (χ0v) is 13.5. The monoisotopic (exact) mass is 323 g/mol. The Bertz CT molecular complexity index is 1010. The lowest BCUT2D eigenvalue weighted by atomic mass is 10.1. The SMILES string of the molecule is C=CCn1cc2ccc(N=C(C)c3c(O)cc(C)oc3=O)cc2n1. The van der Waals surface area contributed by atoms with Gasteiger partial charge in [-0.1, -0.05) is 6.08 Å². The number of rotatable bonds is 4. The maximum atomic E-state index is 11.9. The highest BCUT2D eigenvalue weighted by Crippen LogP contribution is 2.22. The highest BCUT2D eigenvalue weighted by molar-refractivity contribution is 6.02. The van der Waals surface area contributed by atoms with Gasteiger partial charge >= 0.3 is 5.63 Å². The molecule has 0 spiro atoms. The van der Waals surface area contributed by atoms with Gasteiger partial charge in [-0.05, 0) is 32.0 Å². The van der Waals surface area contributed by atoms with Crippen LogP contribution in [0.25, 0.3) is 10.9 Å². The molecule has 6 heteroatoms. The van der Waals surface area contributed by atoms with Crippen LogP contribution in [0.2, 0.25) is 0 Å². The lowest BCUT2D eigenvalue weighted by molar-refractivity contribution is 0.432. The van der Waals surface area contributed by atoms with Gasteiger partial charge in [0.15, 0.2) is 0 Å². The molecule has 0 amide bonds. The summed E-state index contributed by atoms with van der Waals surface area (Å²) in [4.78, 5) is 16.4. The predicted octanol–water partition coefficient (Wildman–Crippen LogP) is 3.33. The van der Waals surface area contributed by atoms with E-state index in [4.69, 9.17) is 4.42 Å². The molecule has 2 heterocycles. The summed E-state index contributed by atoms with van der Waals surface area (Å²) in [7, 11) is 0. The van der Waals surface area contributed by atoms with Gasteiger partial charge in [0.25, 0.3) is 0 Å². The summed E-state index contributed by atoms with van der Waals surface area (Å²) >= 11 is 0. The van der Waals surface area contributed by atoms with Crippen molar-refractivity contribution in [1.82, 2.24) is 9.78 Å². The molecule has 0 saturated carbocycles. The van der Waals surface area contributed by atoms with Crippen molar-refractivity contribution >= 4 is 22.3 Å². The van der Waals surface area contributed by atoms with Crippen LogP contribution in [-0.4, -0.2) is 20.6 Å². The zero-order valence-electron chi connectivity index (χ0n) is 13.5. The van der Waals surface area contributed by atoms with Crippen LogP contribution in [0.4, 0.5) is 5.69 Å². The van der Waals surface area contributed by atoms with E-state index in [0.717, 1.165) is 10.9 Å². The molecule has 24 heavy (non-hydrogen) atoms. The minimum atomic E-state index is -0.606. The Morgan fingerprint density at radius 1 is 1.46 bits per heavy atom. The van der Waals surface area contributed by atoms with Crippen LogP contribution in [0.15, 0.2) is 57.3 Å². The molecule has 2 aromatic heterocycles. The first kappa shape index (κ1) is 15.7. The van der Waals surface area contributed by atoms with Crippen LogP contribution in [0.3, 0.4) is 0 Å². The number of hydrogen-bond acceptors (Lipinski definition) is 5. The third-order valence-electron chi connectivity index (χ3n) is 3.57. The Morgan fingerprint density at radius 2 is 2.25 bits per heavy atom. The van der Waals surface area contributed by atoms with E-state index in [9.17, 15) is 9.90 Å². The number of aryl methyl sites for hydroxylation is 1. The number of aromatic hydroxyl groups is 1. The molecule has 0 bridgehead atoms. The van der Waals surface area contributed by atoms with Crippen molar-refractivity contribution in [2.75, 3.05) is 0 Å². The van der Waals surface area contributed by atoms with Crippen LogP contribution >= 0.6 is 0 Å². The van der Waals surface area contributed by atoms with Gasteiger partial charge in [-0.2, -0.15) is 5.10 Å². The first-order valence-electron chi connectivity index (χ1n) is 7.45. The van der Waals surface area contributed by atoms with Gasteiger partial charge in [0.05, 0.1) is 23.5 Å². The molecule has 0 aliphatic heterocycles. The summed E-state index contributed by atoms with van der Waals surface area (Å²) in [5.41, 5.74) is 1.28. The molecule has 0 saturated heterocycles. The fourth-order valence-corrected chi connectivity index (χ4v) is 2.53. The smallest absolute Gasteiger partial charge is 0.348 e. The number of aromatic nitrogens is 2. The van der Waals surface area contributed by atoms with Gasteiger partial charge in [-0.15, -0.1) is 6.58 Å². The second-order valence-electron chi connectivity index (χ2n) is 5.48. The van der Waals surface area contributed by atoms with Crippen LogP contribution in [-0.2, 0) is 6.54 Å². The standard InChI is InChI=1S/C18H17N3O3/c1-4-7-21-10-13-5-6-14(9-15(13)20-21)19-12(3)17-16(22)8-11(2)24-18(17)23/h4-6,8-10,22H,1,7H2,2-3H3. The van der Waals surface area contributed by atoms with Crippen molar-refractivity contribution in [2.24, 2.45) is 4.99 Å². The van der Waals surface area contributed by atoms with Crippen LogP contribution in [0.5, 0.6) is 5.75 Å². The first-order chi connectivity index (χ1) is 11.5. The van der Waals surface area contributed by atoms with Crippen molar-refractivity contribution in [3.05, 3.63) is 64.9 Å². The summed E-state index contributed by atoms with van der Waals surface area (Å²) in [6.07, 6.45) is 3.70. The molecule has 0 unspecified atom stereocenters. The molecular formula is C18H17N3O3. The molecule has 0 radical (unpaired) electrons. The highest BCUT2D eigenvalue weighted by Gasteiger charge is 2.13. The Labute approximate surface area is 138 Å². The fraction of sp³-hybridized carbons (Fsp3) is 0.167. The van der Waals surface area contributed by atoms with E-state index in [1.54, 1.807) is 24.6 Å². The molecule has 6 nitrogen and oxygen atoms in total. The zero-order chi connectivity index (χ0) is 17.3. The maximum Gasteiger partial charge on any atom is 0.348 e. The van der Waals surface area contributed by atoms with Crippen LogP contribution in [0.1, 0.15) is 18.2 Å². The first-order valence-corrected chi connectivity index (χ1v) is 7.45. The minimum Gasteiger partial charge on any atom is -0.507 e. The molecule has 1 N–H and O–H groups in total. The highest BCUT2D eigenvalue weighted by atomic mass is 16.4. The Kier molecular flexibility index (Phi) is 4.04. The van der Waals surface area contributed by atoms with E-state index in [1.165, 1.54) is 6.07 Å². The van der Waals surface area contributed by atoms with E-state index in [2.05, 4.69) is 16.7 Å². The van der Waals surface area contributed by atoms with E-state index in [-0.39, 0.29) is 11.3 Å². The van der Waals surface area contributed by atoms with Crippen molar-refractivity contribution in [2.45, 2.75) is 20.4 Å². The summed E-state index contributed by atoms with van der Waals surface area (Å²) in [5.74, 6) is 0.213. The second kappa shape index (κ2) is 6.16. The van der Waals surface area contributed by atoms with Gasteiger partial charge in [0, 0.05) is 17.6 Å². The second-order valence-corrected chi connectivity index (χ2v) is 5.48. The average Bonchev–Trinajstić information content (AvgIpc) is 2.88. The van der Waals surface area contributed by atoms with Gasteiger partial charge in [-0.3, -0.25) is 9.67 Å². The fourth-order valence-electron chi connectivity index (χ4n) is 2.53. The molecule has 0 aliphatic rings. The number of benzene rings is 1. The van der Waals surface area contributed by atoms with E-state index in [0.29, 0.717) is 23.7 Å². The number of hydrogen-bond donors (Lipinski definition) is 1. The summed E-state index contributed by atoms with van der Waals surface area (Å²) in [6, 6.07) is 6.96. The minimum absolute atomic E-state index is 0.0675. The molecule has 3 aromatic rings. The molecule has 1 aromatic carbocycles. The van der Waals surface area contributed by atoms with Crippen molar-refractivity contribution in [3.63, 3.8) is 0 Å². The quantitative estimate of drug-likeness (QED) is 0.590. The summed E-state index contributed by atoms with van der Waals surface area (Å²) in [6.45, 7) is 7.58. The Balaban J connectivity index is 2.03. The van der Waals surface area contributed by atoms with E-state index in [1.807, 2.05) is 24.4 Å². The lowest BCUT2D eigenvalue weighted by Gasteiger charge is -2.03.